The largest absolute Gasteiger partial charge is 0.507 e. The Labute approximate surface area is 352 Å². The molecule has 0 saturated heterocycles. The van der Waals surface area contributed by atoms with Gasteiger partial charge in [-0.25, -0.2) is 8.78 Å². The topological polar surface area (TPSA) is 123 Å². The van der Waals surface area contributed by atoms with Crippen molar-refractivity contribution in [1.82, 2.24) is 15.4 Å². The molecule has 3 aliphatic rings. The maximum atomic E-state index is 16.6. The number of Topliss-reactive ketones (excluding diaryl/α,β-unsaturated/α-hetero) is 2. The van der Waals surface area contributed by atoms with Crippen molar-refractivity contribution in [2.24, 2.45) is 17.3 Å². The normalized spacial score (nSPS) is 21.7. The van der Waals surface area contributed by atoms with Gasteiger partial charge in [0.2, 0.25) is 11.6 Å². The second-order valence-corrected chi connectivity index (χ2v) is 24.1. The van der Waals surface area contributed by atoms with Crippen LogP contribution < -0.4 is 14.8 Å². The summed E-state index contributed by atoms with van der Waals surface area (Å²) in [6, 6.07) is 17.9. The third-order valence-corrected chi connectivity index (χ3v) is 17.0. The van der Waals surface area contributed by atoms with Crippen molar-refractivity contribution in [3.8, 4) is 11.6 Å². The summed E-state index contributed by atoms with van der Waals surface area (Å²) in [4.78, 5) is 33.3. The molecule has 0 spiro atoms. The van der Waals surface area contributed by atoms with Gasteiger partial charge in [0.25, 0.3) is 5.88 Å². The van der Waals surface area contributed by atoms with Gasteiger partial charge in [-0.05, 0) is 72.7 Å². The maximum Gasteiger partial charge on any atom is 0.265 e. The Hall–Kier alpha value is -4.69. The second-order valence-electron chi connectivity index (χ2n) is 19.4. The Bertz CT molecular complexity index is 2310. The first-order chi connectivity index (χ1) is 28.2. The van der Waals surface area contributed by atoms with Crippen LogP contribution in [0.5, 0.6) is 11.6 Å². The van der Waals surface area contributed by atoms with E-state index in [4.69, 9.17) is 18.4 Å². The van der Waals surface area contributed by atoms with E-state index in [9.17, 15) is 5.11 Å². The van der Waals surface area contributed by atoms with Crippen LogP contribution in [0.4, 0.5) is 8.78 Å². The van der Waals surface area contributed by atoms with Crippen LogP contribution in [0.15, 0.2) is 70.8 Å². The summed E-state index contributed by atoms with van der Waals surface area (Å²) in [7, 11) is 0.623. The third-order valence-electron chi connectivity index (χ3n) is 12.6. The quantitative estimate of drug-likeness (QED) is 0.105. The summed E-state index contributed by atoms with van der Waals surface area (Å²) in [5, 5.41) is 19.6. The molecular weight excluding hydrogens is 785 g/mol. The van der Waals surface area contributed by atoms with Crippen molar-refractivity contribution in [2.75, 3.05) is 20.6 Å². The van der Waals surface area contributed by atoms with Crippen LogP contribution in [0.1, 0.15) is 97.9 Å². The molecule has 0 aliphatic heterocycles. The van der Waals surface area contributed by atoms with Crippen LogP contribution in [0, 0.1) is 28.9 Å². The van der Waals surface area contributed by atoms with Crippen molar-refractivity contribution in [1.29, 1.82) is 0 Å². The Balaban J connectivity index is 1.43. The molecular formula is C47H57F2N3O7Si. The summed E-state index contributed by atoms with van der Waals surface area (Å²) < 4.78 is 58.8. The molecule has 3 aromatic carbocycles. The van der Waals surface area contributed by atoms with Gasteiger partial charge in [0.05, 0.1) is 11.6 Å². The lowest BCUT2D eigenvalue weighted by Gasteiger charge is -2.55. The molecule has 1 aromatic heterocycles. The van der Waals surface area contributed by atoms with E-state index in [2.05, 4.69) is 10.5 Å². The zero-order valence-electron chi connectivity index (χ0n) is 36.3. The van der Waals surface area contributed by atoms with Crippen molar-refractivity contribution in [3.05, 3.63) is 117 Å². The van der Waals surface area contributed by atoms with Crippen molar-refractivity contribution in [3.63, 3.8) is 0 Å². The highest BCUT2D eigenvalue weighted by molar-refractivity contribution is 6.74. The lowest BCUT2D eigenvalue weighted by Crippen LogP contribution is -2.68. The highest BCUT2D eigenvalue weighted by Crippen LogP contribution is 2.59. The predicted molar refractivity (Wildman–Crippen MR) is 227 cm³/mol. The SMILES string of the molecule is CN(C)[C@@H]1c2onc(OCc3ccccc3)c2C(=O)C2(O[Si](C)(C)C(C)(C)C)C(=O)C3=C(O)c4c(c(F)c(F)c(CNCC(C)(C)C)c4OCc4ccccc4)C[C@H]3C[C@@H]12. The molecule has 4 aromatic rings. The molecule has 0 radical (unpaired) electrons. The Morgan fingerprint density at radius 3 is 2.07 bits per heavy atom. The summed E-state index contributed by atoms with van der Waals surface area (Å²) in [6.07, 6.45) is -0.0272. The number of benzene rings is 3. The second kappa shape index (κ2) is 16.0. The van der Waals surface area contributed by atoms with Crippen molar-refractivity contribution >= 4 is 25.6 Å². The van der Waals surface area contributed by atoms with Gasteiger partial charge >= 0.3 is 0 Å². The minimum atomic E-state index is -3.01. The number of ether oxygens (including phenoxy) is 2. The van der Waals surface area contributed by atoms with Crippen LogP contribution in [-0.4, -0.2) is 61.3 Å². The predicted octanol–water partition coefficient (Wildman–Crippen LogP) is 9.54. The van der Waals surface area contributed by atoms with E-state index in [1.54, 1.807) is 0 Å². The molecule has 0 bridgehead atoms. The number of rotatable bonds is 12. The average Bonchev–Trinajstić information content (AvgIpc) is 3.60. The number of aliphatic hydroxyl groups is 1. The van der Waals surface area contributed by atoms with E-state index >= 15 is 18.4 Å². The number of hydrogen-bond donors (Lipinski definition) is 2. The molecule has 1 saturated carbocycles. The fourth-order valence-electron chi connectivity index (χ4n) is 8.66. The summed E-state index contributed by atoms with van der Waals surface area (Å²) in [5.74, 6) is -5.70. The molecule has 1 unspecified atom stereocenters. The lowest BCUT2D eigenvalue weighted by molar-refractivity contribution is -0.140. The standard InChI is InChI=1S/C47H57F2N3O7Si/c1-45(2,3)26-50-23-31-37(49)36(48)30-21-29-22-32-38(52(7)8)41-35(44(51-58-41)57-25-28-19-15-12-16-20-28)43(55)47(32,59-60(9,10)46(4,5)6)42(54)33(29)39(53)34(30)40(31)56-24-27-17-13-11-14-18-27/h11-20,29,32,38,50,53H,21-26H2,1-10H3/t29-,32-,38-,47?/m0/s1. The summed E-state index contributed by atoms with van der Waals surface area (Å²) in [5.41, 5.74) is -1.09. The smallest absolute Gasteiger partial charge is 0.265 e. The van der Waals surface area contributed by atoms with Crippen molar-refractivity contribution in [2.45, 2.75) is 104 Å². The van der Waals surface area contributed by atoms with Gasteiger partial charge in [-0.15, -0.1) is 0 Å². The van der Waals surface area contributed by atoms with E-state index < -0.39 is 65.8 Å². The number of ketones is 2. The number of nitrogens with one attached hydrogen (secondary N) is 1. The minimum absolute atomic E-state index is 0.00916. The molecule has 2 N–H and O–H groups in total. The van der Waals surface area contributed by atoms with Gasteiger partial charge in [0.15, 0.2) is 31.3 Å². The molecule has 4 atom stereocenters. The fourth-order valence-corrected chi connectivity index (χ4v) is 10.1. The van der Waals surface area contributed by atoms with Gasteiger partial charge in [0.1, 0.15) is 30.3 Å². The molecule has 13 heteroatoms. The first kappa shape index (κ1) is 43.4. The number of hydrogen-bond acceptors (Lipinski definition) is 10. The number of fused-ring (bicyclic) bond motifs is 4. The number of carbonyl (C=O) groups is 2. The molecule has 320 valence electrons. The highest BCUT2D eigenvalue weighted by atomic mass is 28.4. The van der Waals surface area contributed by atoms with Crippen LogP contribution in [0.25, 0.3) is 5.76 Å². The number of halogens is 2. The maximum absolute atomic E-state index is 16.6. The van der Waals surface area contributed by atoms with Crippen LogP contribution >= 0.6 is 0 Å². The Morgan fingerprint density at radius 1 is 0.900 bits per heavy atom. The average molecular weight is 842 g/mol. The molecule has 1 fully saturated rings. The fraction of sp³-hybridized carbons (Fsp3) is 0.468. The molecule has 0 amide bonds. The van der Waals surface area contributed by atoms with Crippen LogP contribution in [0.3, 0.4) is 0 Å². The van der Waals surface area contributed by atoms with Crippen LogP contribution in [0.2, 0.25) is 18.1 Å². The van der Waals surface area contributed by atoms with Crippen LogP contribution in [-0.2, 0) is 35.4 Å². The summed E-state index contributed by atoms with van der Waals surface area (Å²) >= 11 is 0. The first-order valence-corrected chi connectivity index (χ1v) is 23.5. The van der Waals surface area contributed by atoms with Gasteiger partial charge in [-0.2, -0.15) is 0 Å². The molecule has 10 nitrogen and oxygen atoms in total. The number of aliphatic hydroxyl groups excluding tert-OH is 1. The molecule has 60 heavy (non-hydrogen) atoms. The number of nitrogens with zero attached hydrogens (tertiary/aromatic N) is 2. The molecule has 7 rings (SSSR count). The van der Waals surface area contributed by atoms with E-state index in [1.807, 2.05) is 134 Å². The zero-order valence-corrected chi connectivity index (χ0v) is 37.3. The zero-order chi connectivity index (χ0) is 43.5. The van der Waals surface area contributed by atoms with E-state index in [0.29, 0.717) is 6.54 Å². The van der Waals surface area contributed by atoms with E-state index in [0.717, 1.165) is 11.1 Å². The number of carbonyl (C=O) groups excluding carboxylic acids is 2. The first-order valence-electron chi connectivity index (χ1n) is 20.6. The van der Waals surface area contributed by atoms with E-state index in [1.165, 1.54) is 0 Å². The monoisotopic (exact) mass is 841 g/mol. The lowest BCUT2D eigenvalue weighted by atomic mass is 9.57. The van der Waals surface area contributed by atoms with Crippen molar-refractivity contribution < 1.29 is 41.9 Å². The van der Waals surface area contributed by atoms with Gasteiger partial charge in [-0.1, -0.05) is 102 Å². The molecule has 3 aliphatic carbocycles. The summed E-state index contributed by atoms with van der Waals surface area (Å²) in [6.45, 7) is 16.5. The third kappa shape index (κ3) is 7.62. The minimum Gasteiger partial charge on any atom is -0.507 e. The highest BCUT2D eigenvalue weighted by Gasteiger charge is 2.69. The Kier molecular flexibility index (Phi) is 11.5. The van der Waals surface area contributed by atoms with Gasteiger partial charge < -0.3 is 28.8 Å². The van der Waals surface area contributed by atoms with E-state index in [-0.39, 0.29) is 83.2 Å². The van der Waals surface area contributed by atoms with Gasteiger partial charge in [-0.3, -0.25) is 14.5 Å². The van der Waals surface area contributed by atoms with Gasteiger partial charge in [0, 0.05) is 35.7 Å². The number of aromatic nitrogens is 1. The Morgan fingerprint density at radius 2 is 1.50 bits per heavy atom. The molecule has 1 heterocycles.